The Morgan fingerprint density at radius 1 is 1.00 bits per heavy atom. The van der Waals surface area contributed by atoms with Crippen LogP contribution in [0, 0.1) is 18.8 Å². The fraction of sp³-hybridized carbons (Fsp3) is 0.400. The highest BCUT2D eigenvalue weighted by Crippen LogP contribution is 2.33. The minimum atomic E-state index is -0.152. The highest BCUT2D eigenvalue weighted by atomic mass is 16.5. The Balaban J connectivity index is 2.15. The van der Waals surface area contributed by atoms with E-state index in [9.17, 15) is 4.79 Å². The predicted octanol–water partition coefficient (Wildman–Crippen LogP) is 6.56. The largest absolute Gasteiger partial charge is 0.499 e. The monoisotopic (exact) mass is 364 g/mol. The predicted molar refractivity (Wildman–Crippen MR) is 113 cm³/mol. The Bertz CT molecular complexity index is 729. The number of hydrogen-bond acceptors (Lipinski definition) is 2. The van der Waals surface area contributed by atoms with E-state index < -0.39 is 0 Å². The van der Waals surface area contributed by atoms with Crippen LogP contribution in [0.4, 0.5) is 0 Å². The van der Waals surface area contributed by atoms with E-state index in [0.717, 1.165) is 28.9 Å². The number of carbonyl (C=O) groups is 1. The van der Waals surface area contributed by atoms with E-state index in [1.54, 1.807) is 0 Å². The summed E-state index contributed by atoms with van der Waals surface area (Å²) in [6.45, 7) is 13.2. The van der Waals surface area contributed by atoms with Gasteiger partial charge < -0.3 is 4.74 Å². The summed E-state index contributed by atoms with van der Waals surface area (Å²) in [4.78, 5) is 13.1. The molecule has 2 aromatic rings. The summed E-state index contributed by atoms with van der Waals surface area (Å²) in [5, 5.41) is 0. The van der Waals surface area contributed by atoms with Crippen LogP contribution >= 0.6 is 0 Å². The molecule has 27 heavy (non-hydrogen) atoms. The van der Waals surface area contributed by atoms with E-state index in [0.29, 0.717) is 18.9 Å². The van der Waals surface area contributed by atoms with Gasteiger partial charge >= 0.3 is 0 Å². The maximum absolute atomic E-state index is 13.1. The van der Waals surface area contributed by atoms with Crippen molar-refractivity contribution in [3.8, 4) is 0 Å². The Hall–Kier alpha value is -2.35. The van der Waals surface area contributed by atoms with Crippen molar-refractivity contribution in [3.05, 3.63) is 83.6 Å². The number of carbonyl (C=O) groups excluding carboxylic acids is 1. The first-order valence-corrected chi connectivity index (χ1v) is 9.85. The van der Waals surface area contributed by atoms with E-state index in [2.05, 4.69) is 32.6 Å². The van der Waals surface area contributed by atoms with Crippen molar-refractivity contribution in [2.75, 3.05) is 6.61 Å². The quantitative estimate of drug-likeness (QED) is 0.352. The standard InChI is InChI=1S/C25H32O2/c1-18(2)15-16-27-20(4)17-24(22-9-7-6-8-10-22)21(5)25(26)23-13-11-19(3)12-14-23/h6-14,18,21,24H,4,15-17H2,1-3,5H3. The number of ether oxygens (including phenoxy) is 1. The van der Waals surface area contributed by atoms with Crippen LogP contribution in [0.25, 0.3) is 0 Å². The molecule has 0 saturated carbocycles. The number of aryl methyl sites for hydroxylation is 1. The van der Waals surface area contributed by atoms with Gasteiger partial charge in [0.1, 0.15) is 0 Å². The van der Waals surface area contributed by atoms with Crippen LogP contribution in [0.3, 0.4) is 0 Å². The molecule has 0 bridgehead atoms. The molecule has 0 spiro atoms. The first-order valence-electron chi connectivity index (χ1n) is 9.85. The van der Waals surface area contributed by atoms with Crippen LogP contribution in [0.15, 0.2) is 66.9 Å². The second kappa shape index (κ2) is 10.1. The zero-order valence-electron chi connectivity index (χ0n) is 17.1. The average molecular weight is 365 g/mol. The van der Waals surface area contributed by atoms with Crippen molar-refractivity contribution in [3.63, 3.8) is 0 Å². The summed E-state index contributed by atoms with van der Waals surface area (Å²) in [5.41, 5.74) is 3.07. The lowest BCUT2D eigenvalue weighted by atomic mass is 9.80. The summed E-state index contributed by atoms with van der Waals surface area (Å²) in [6.07, 6.45) is 1.66. The third kappa shape index (κ3) is 6.39. The molecule has 2 nitrogen and oxygen atoms in total. The zero-order chi connectivity index (χ0) is 19.8. The van der Waals surface area contributed by atoms with Crippen molar-refractivity contribution in [1.82, 2.24) is 0 Å². The number of Topliss-reactive ketones (excluding diaryl/α,β-unsaturated/α-hetero) is 1. The topological polar surface area (TPSA) is 26.3 Å². The summed E-state index contributed by atoms with van der Waals surface area (Å²) in [5.74, 6) is 1.42. The Morgan fingerprint density at radius 2 is 1.63 bits per heavy atom. The highest BCUT2D eigenvalue weighted by molar-refractivity contribution is 5.98. The molecule has 0 amide bonds. The molecule has 0 aliphatic rings. The van der Waals surface area contributed by atoms with Gasteiger partial charge in [-0.1, -0.05) is 87.5 Å². The normalized spacial score (nSPS) is 13.2. The van der Waals surface area contributed by atoms with E-state index in [1.807, 2.05) is 56.3 Å². The Morgan fingerprint density at radius 3 is 2.22 bits per heavy atom. The molecular formula is C25H32O2. The fourth-order valence-corrected chi connectivity index (χ4v) is 3.19. The molecule has 0 saturated heterocycles. The molecule has 0 aliphatic carbocycles. The molecule has 0 N–H and O–H groups in total. The third-order valence-electron chi connectivity index (χ3n) is 5.03. The van der Waals surface area contributed by atoms with Crippen molar-refractivity contribution >= 4 is 5.78 Å². The van der Waals surface area contributed by atoms with Gasteiger partial charge in [-0.15, -0.1) is 0 Å². The number of rotatable bonds is 10. The Labute approximate surface area is 164 Å². The number of hydrogen-bond donors (Lipinski definition) is 0. The van der Waals surface area contributed by atoms with Crippen LogP contribution in [0.5, 0.6) is 0 Å². The molecule has 2 rings (SSSR count). The number of benzene rings is 2. The van der Waals surface area contributed by atoms with E-state index in [-0.39, 0.29) is 17.6 Å². The lowest BCUT2D eigenvalue weighted by Crippen LogP contribution is -2.21. The van der Waals surface area contributed by atoms with Crippen LogP contribution in [-0.4, -0.2) is 12.4 Å². The van der Waals surface area contributed by atoms with Crippen molar-refractivity contribution < 1.29 is 9.53 Å². The molecule has 0 aliphatic heterocycles. The second-order valence-corrected chi connectivity index (χ2v) is 7.81. The number of allylic oxidation sites excluding steroid dienone is 1. The minimum Gasteiger partial charge on any atom is -0.499 e. The van der Waals surface area contributed by atoms with Gasteiger partial charge in [0.15, 0.2) is 5.78 Å². The van der Waals surface area contributed by atoms with Gasteiger partial charge in [0.25, 0.3) is 0 Å². The first kappa shape index (κ1) is 21.0. The maximum atomic E-state index is 13.1. The summed E-state index contributed by atoms with van der Waals surface area (Å²) in [6, 6.07) is 18.0. The lowest BCUT2D eigenvalue weighted by Gasteiger charge is -2.25. The van der Waals surface area contributed by atoms with E-state index in [4.69, 9.17) is 4.74 Å². The molecule has 2 heteroatoms. The number of ketones is 1. The molecule has 144 valence electrons. The van der Waals surface area contributed by atoms with Gasteiger partial charge in [0, 0.05) is 23.8 Å². The SMILES string of the molecule is C=C(CC(c1ccccc1)C(C)C(=O)c1ccc(C)cc1)OCCC(C)C. The second-order valence-electron chi connectivity index (χ2n) is 7.81. The summed E-state index contributed by atoms with van der Waals surface area (Å²) < 4.78 is 5.85. The smallest absolute Gasteiger partial charge is 0.166 e. The van der Waals surface area contributed by atoms with Gasteiger partial charge in [-0.05, 0) is 24.8 Å². The molecule has 0 aromatic heterocycles. The molecular weight excluding hydrogens is 332 g/mol. The van der Waals surface area contributed by atoms with Gasteiger partial charge in [-0.2, -0.15) is 0 Å². The fourth-order valence-electron chi connectivity index (χ4n) is 3.19. The van der Waals surface area contributed by atoms with Crippen LogP contribution in [-0.2, 0) is 4.74 Å². The molecule has 2 aromatic carbocycles. The summed E-state index contributed by atoms with van der Waals surface area (Å²) in [7, 11) is 0. The minimum absolute atomic E-state index is 0.0477. The molecule has 2 unspecified atom stereocenters. The Kier molecular flexibility index (Phi) is 7.84. The molecule has 0 fully saturated rings. The average Bonchev–Trinajstić information content (AvgIpc) is 2.66. The lowest BCUT2D eigenvalue weighted by molar-refractivity contribution is 0.0904. The summed E-state index contributed by atoms with van der Waals surface area (Å²) >= 11 is 0. The van der Waals surface area contributed by atoms with Crippen molar-refractivity contribution in [1.29, 1.82) is 0 Å². The van der Waals surface area contributed by atoms with Gasteiger partial charge in [0.05, 0.1) is 12.4 Å². The highest BCUT2D eigenvalue weighted by Gasteiger charge is 2.27. The third-order valence-corrected chi connectivity index (χ3v) is 5.03. The first-order chi connectivity index (χ1) is 12.9. The maximum Gasteiger partial charge on any atom is 0.166 e. The van der Waals surface area contributed by atoms with Crippen LogP contribution < -0.4 is 0 Å². The zero-order valence-corrected chi connectivity index (χ0v) is 17.1. The van der Waals surface area contributed by atoms with Crippen molar-refractivity contribution in [2.24, 2.45) is 11.8 Å². The molecule has 0 heterocycles. The van der Waals surface area contributed by atoms with E-state index in [1.165, 1.54) is 0 Å². The van der Waals surface area contributed by atoms with Crippen LogP contribution in [0.1, 0.15) is 61.0 Å². The van der Waals surface area contributed by atoms with Gasteiger partial charge in [-0.3, -0.25) is 4.79 Å². The van der Waals surface area contributed by atoms with Crippen molar-refractivity contribution in [2.45, 2.75) is 46.5 Å². The van der Waals surface area contributed by atoms with E-state index >= 15 is 0 Å². The van der Waals surface area contributed by atoms with Gasteiger partial charge in [0.2, 0.25) is 0 Å². The molecule has 0 radical (unpaired) electrons. The van der Waals surface area contributed by atoms with Crippen LogP contribution in [0.2, 0.25) is 0 Å². The van der Waals surface area contributed by atoms with Gasteiger partial charge in [-0.25, -0.2) is 0 Å². The molecule has 2 atom stereocenters.